The molecule has 0 atom stereocenters. The fraction of sp³-hybridized carbons (Fsp3) is 0.400. The molecule has 0 fully saturated rings. The lowest BCUT2D eigenvalue weighted by molar-refractivity contribution is 0.299. The molecule has 0 aliphatic heterocycles. The fourth-order valence-corrected chi connectivity index (χ4v) is 1.41. The summed E-state index contributed by atoms with van der Waals surface area (Å²) in [5.74, 6) is 0.764. The Morgan fingerprint density at radius 2 is 2.21 bits per heavy atom. The molecule has 0 heterocycles. The number of aromatic hydroxyl groups is 2. The fourth-order valence-electron chi connectivity index (χ4n) is 1.41. The lowest BCUT2D eigenvalue weighted by Gasteiger charge is -2.07. The van der Waals surface area contributed by atoms with E-state index in [1.165, 1.54) is 6.07 Å². The Hall–Kier alpha value is -1.42. The SMILES string of the molecule is CNCCOc1cc(O)c2c(c1O)C2. The van der Waals surface area contributed by atoms with E-state index < -0.39 is 0 Å². The van der Waals surface area contributed by atoms with E-state index in [2.05, 4.69) is 5.32 Å². The summed E-state index contributed by atoms with van der Waals surface area (Å²) in [7, 11) is 1.83. The average molecular weight is 195 g/mol. The first kappa shape index (κ1) is 9.15. The minimum atomic E-state index is 0.175. The maximum absolute atomic E-state index is 9.62. The smallest absolute Gasteiger partial charge is 0.164 e. The molecule has 0 aromatic heterocycles. The third-order valence-corrected chi connectivity index (χ3v) is 2.30. The van der Waals surface area contributed by atoms with Gasteiger partial charge in [0.05, 0.1) is 0 Å². The molecule has 0 amide bonds. The van der Waals surface area contributed by atoms with E-state index in [-0.39, 0.29) is 11.5 Å². The van der Waals surface area contributed by atoms with E-state index in [9.17, 15) is 10.2 Å². The lowest BCUT2D eigenvalue weighted by atomic mass is 10.3. The zero-order chi connectivity index (χ0) is 10.1. The minimum Gasteiger partial charge on any atom is -0.508 e. The van der Waals surface area contributed by atoms with Crippen molar-refractivity contribution in [2.24, 2.45) is 0 Å². The highest BCUT2D eigenvalue weighted by Gasteiger charge is 2.28. The molecule has 1 aromatic rings. The standard InChI is InChI=1S/C10H13NO3/c1-11-2-3-14-9-5-8(12)6-4-7(6)10(9)13/h5,11-13H,2-4H2,1H3. The van der Waals surface area contributed by atoms with Crippen LogP contribution in [0.4, 0.5) is 0 Å². The average Bonchev–Trinajstić information content (AvgIpc) is 2.93. The van der Waals surface area contributed by atoms with Gasteiger partial charge in [-0.1, -0.05) is 0 Å². The van der Waals surface area contributed by atoms with E-state index in [0.717, 1.165) is 11.1 Å². The first-order chi connectivity index (χ1) is 6.74. The van der Waals surface area contributed by atoms with Crippen LogP contribution < -0.4 is 10.1 Å². The Labute approximate surface area is 82.1 Å². The maximum atomic E-state index is 9.62. The van der Waals surface area contributed by atoms with Crippen LogP contribution in [0.3, 0.4) is 0 Å². The van der Waals surface area contributed by atoms with Crippen molar-refractivity contribution in [3.05, 3.63) is 17.2 Å². The molecule has 1 aliphatic rings. The van der Waals surface area contributed by atoms with Crippen molar-refractivity contribution in [3.63, 3.8) is 0 Å². The summed E-state index contributed by atoms with van der Waals surface area (Å²) < 4.78 is 5.30. The highest BCUT2D eigenvalue weighted by molar-refractivity contribution is 5.66. The minimum absolute atomic E-state index is 0.175. The second-order valence-electron chi connectivity index (χ2n) is 3.33. The summed E-state index contributed by atoms with van der Waals surface area (Å²) in [4.78, 5) is 0. The number of ether oxygens (including phenoxy) is 1. The number of phenols is 2. The molecule has 4 nitrogen and oxygen atoms in total. The van der Waals surface area contributed by atoms with Crippen molar-refractivity contribution in [2.45, 2.75) is 6.42 Å². The van der Waals surface area contributed by atoms with Crippen LogP contribution in [0.15, 0.2) is 6.07 Å². The zero-order valence-electron chi connectivity index (χ0n) is 8.00. The Balaban J connectivity index is 2.11. The highest BCUT2D eigenvalue weighted by Crippen LogP contribution is 2.48. The number of benzene rings is 1. The number of hydrogen-bond donors (Lipinski definition) is 3. The van der Waals surface area contributed by atoms with Gasteiger partial charge in [-0.3, -0.25) is 0 Å². The molecule has 3 N–H and O–H groups in total. The Morgan fingerprint density at radius 3 is 2.93 bits per heavy atom. The molecule has 0 radical (unpaired) electrons. The van der Waals surface area contributed by atoms with Crippen LogP contribution >= 0.6 is 0 Å². The van der Waals surface area contributed by atoms with Crippen molar-refractivity contribution in [1.82, 2.24) is 5.32 Å². The number of rotatable bonds is 4. The molecular formula is C10H13NO3. The highest BCUT2D eigenvalue weighted by atomic mass is 16.5. The third-order valence-electron chi connectivity index (χ3n) is 2.30. The molecule has 0 bridgehead atoms. The van der Waals surface area contributed by atoms with Gasteiger partial charge in [-0.2, -0.15) is 0 Å². The van der Waals surface area contributed by atoms with Crippen LogP contribution in [0.1, 0.15) is 11.1 Å². The Bertz CT molecular complexity index is 363. The largest absolute Gasteiger partial charge is 0.508 e. The number of fused-ring (bicyclic) bond motifs is 1. The van der Waals surface area contributed by atoms with Gasteiger partial charge in [-0.25, -0.2) is 0 Å². The monoisotopic (exact) mass is 195 g/mol. The maximum Gasteiger partial charge on any atom is 0.164 e. The predicted molar refractivity (Wildman–Crippen MR) is 52.0 cm³/mol. The molecule has 0 saturated carbocycles. The van der Waals surface area contributed by atoms with Crippen LogP contribution in [0.25, 0.3) is 0 Å². The summed E-state index contributed by atoms with van der Waals surface area (Å²) in [6.07, 6.45) is 0.674. The van der Waals surface area contributed by atoms with E-state index in [1.54, 1.807) is 0 Å². The molecule has 0 spiro atoms. The first-order valence-electron chi connectivity index (χ1n) is 4.58. The topological polar surface area (TPSA) is 61.7 Å². The van der Waals surface area contributed by atoms with Crippen LogP contribution in [0.5, 0.6) is 17.2 Å². The van der Waals surface area contributed by atoms with E-state index in [4.69, 9.17) is 4.74 Å². The molecule has 76 valence electrons. The van der Waals surface area contributed by atoms with Crippen molar-refractivity contribution >= 4 is 0 Å². The summed E-state index contributed by atoms with van der Waals surface area (Å²) in [5, 5.41) is 22.0. The van der Waals surface area contributed by atoms with Gasteiger partial charge >= 0.3 is 0 Å². The van der Waals surface area contributed by atoms with Gasteiger partial charge in [0, 0.05) is 30.2 Å². The summed E-state index contributed by atoms with van der Waals surface area (Å²) in [5.41, 5.74) is 1.65. The molecule has 14 heavy (non-hydrogen) atoms. The van der Waals surface area contributed by atoms with E-state index in [0.29, 0.717) is 25.3 Å². The number of nitrogens with one attached hydrogen (secondary N) is 1. The molecule has 0 saturated heterocycles. The van der Waals surface area contributed by atoms with Crippen LogP contribution in [0.2, 0.25) is 0 Å². The Kier molecular flexibility index (Phi) is 2.21. The quantitative estimate of drug-likeness (QED) is 0.494. The van der Waals surface area contributed by atoms with Crippen molar-refractivity contribution in [1.29, 1.82) is 0 Å². The van der Waals surface area contributed by atoms with Gasteiger partial charge in [-0.15, -0.1) is 0 Å². The molecule has 0 unspecified atom stereocenters. The molecule has 1 aromatic carbocycles. The van der Waals surface area contributed by atoms with Crippen molar-refractivity contribution in [2.75, 3.05) is 20.2 Å². The number of phenolic OH excluding ortho intramolecular Hbond substituents is 2. The second-order valence-corrected chi connectivity index (χ2v) is 3.33. The lowest BCUT2D eigenvalue weighted by Crippen LogP contribution is -2.15. The van der Waals surface area contributed by atoms with Gasteiger partial charge in [0.2, 0.25) is 0 Å². The first-order valence-corrected chi connectivity index (χ1v) is 4.58. The van der Waals surface area contributed by atoms with Gasteiger partial charge < -0.3 is 20.3 Å². The molecule has 1 aliphatic carbocycles. The molecule has 2 rings (SSSR count). The summed E-state index contributed by atoms with van der Waals surface area (Å²) in [6.45, 7) is 1.18. The summed E-state index contributed by atoms with van der Waals surface area (Å²) >= 11 is 0. The van der Waals surface area contributed by atoms with Gasteiger partial charge in [-0.05, 0) is 7.05 Å². The predicted octanol–water partition coefficient (Wildman–Crippen LogP) is 0.600. The number of hydrogen-bond acceptors (Lipinski definition) is 4. The molecule has 4 heteroatoms. The van der Waals surface area contributed by atoms with Gasteiger partial charge in [0.1, 0.15) is 12.4 Å². The van der Waals surface area contributed by atoms with Crippen LogP contribution in [-0.4, -0.2) is 30.4 Å². The summed E-state index contributed by atoms with van der Waals surface area (Å²) in [6, 6.07) is 1.47. The molecular weight excluding hydrogens is 182 g/mol. The van der Waals surface area contributed by atoms with Crippen molar-refractivity contribution < 1.29 is 14.9 Å². The number of likely N-dealkylation sites (N-methyl/N-ethyl adjacent to an activating group) is 1. The zero-order valence-corrected chi connectivity index (χ0v) is 8.00. The second kappa shape index (κ2) is 3.38. The Morgan fingerprint density at radius 1 is 1.43 bits per heavy atom. The van der Waals surface area contributed by atoms with E-state index in [1.807, 2.05) is 7.05 Å². The van der Waals surface area contributed by atoms with E-state index >= 15 is 0 Å². The van der Waals surface area contributed by atoms with Gasteiger partial charge in [0.15, 0.2) is 11.5 Å². The van der Waals surface area contributed by atoms with Crippen LogP contribution in [0, 0.1) is 0 Å². The third kappa shape index (κ3) is 1.48. The van der Waals surface area contributed by atoms with Gasteiger partial charge in [0.25, 0.3) is 0 Å². The van der Waals surface area contributed by atoms with Crippen LogP contribution in [-0.2, 0) is 6.42 Å². The normalized spacial score (nSPS) is 12.4. The van der Waals surface area contributed by atoms with Crippen molar-refractivity contribution in [3.8, 4) is 17.2 Å².